The van der Waals surface area contributed by atoms with Gasteiger partial charge < -0.3 is 9.84 Å². The molecule has 1 aromatic carbocycles. The van der Waals surface area contributed by atoms with Crippen molar-refractivity contribution < 1.29 is 29.0 Å². The van der Waals surface area contributed by atoms with Crippen molar-refractivity contribution in [3.63, 3.8) is 0 Å². The summed E-state index contributed by atoms with van der Waals surface area (Å²) in [5, 5.41) is 12.7. The molecular formula is C18H20N2O6S. The average Bonchev–Trinajstić information content (AvgIpc) is 3.23. The monoisotopic (exact) mass is 392 g/mol. The summed E-state index contributed by atoms with van der Waals surface area (Å²) in [5.74, 6) is -2.06. The summed E-state index contributed by atoms with van der Waals surface area (Å²) in [4.78, 5) is 49.1. The standard InChI is InChI=1S/C18H20N2O6S/c1-26-18(25)12-9-27-14(19-12)8-4-7-13(17(23)24)20-15(21)10-5-2-3-6-11(10)16(20)22/h2-3,5-6,12-14,19H,4,7-9H2,1H3,(H,23,24). The van der Waals surface area contributed by atoms with Crippen molar-refractivity contribution in [1.29, 1.82) is 0 Å². The summed E-state index contributed by atoms with van der Waals surface area (Å²) < 4.78 is 4.70. The number of fused-ring (bicyclic) bond motifs is 1. The Balaban J connectivity index is 1.60. The Kier molecular flexibility index (Phi) is 5.81. The van der Waals surface area contributed by atoms with Crippen molar-refractivity contribution in [3.05, 3.63) is 35.4 Å². The molecule has 0 spiro atoms. The van der Waals surface area contributed by atoms with E-state index in [4.69, 9.17) is 4.74 Å². The molecule has 3 atom stereocenters. The van der Waals surface area contributed by atoms with Crippen LogP contribution in [0.25, 0.3) is 0 Å². The number of hydrogen-bond donors (Lipinski definition) is 2. The number of carboxylic acids is 1. The van der Waals surface area contributed by atoms with E-state index in [0.29, 0.717) is 18.6 Å². The quantitative estimate of drug-likeness (QED) is 0.524. The number of amides is 2. The van der Waals surface area contributed by atoms with Gasteiger partial charge in [0.1, 0.15) is 12.1 Å². The summed E-state index contributed by atoms with van der Waals surface area (Å²) in [6.45, 7) is 0. The highest BCUT2D eigenvalue weighted by Gasteiger charge is 2.42. The maximum atomic E-state index is 12.5. The number of esters is 1. The normalized spacial score (nSPS) is 22.6. The number of methoxy groups -OCH3 is 1. The first-order valence-corrected chi connectivity index (χ1v) is 9.64. The van der Waals surface area contributed by atoms with Crippen molar-refractivity contribution in [3.8, 4) is 0 Å². The van der Waals surface area contributed by atoms with Crippen molar-refractivity contribution in [1.82, 2.24) is 10.2 Å². The van der Waals surface area contributed by atoms with Gasteiger partial charge in [0, 0.05) is 5.75 Å². The van der Waals surface area contributed by atoms with E-state index in [0.717, 1.165) is 4.90 Å². The first kappa shape index (κ1) is 19.4. The molecule has 2 aliphatic heterocycles. The van der Waals surface area contributed by atoms with Gasteiger partial charge in [-0.1, -0.05) is 12.1 Å². The van der Waals surface area contributed by atoms with E-state index in [1.807, 2.05) is 0 Å². The number of benzene rings is 1. The summed E-state index contributed by atoms with van der Waals surface area (Å²) in [5.41, 5.74) is 0.477. The first-order valence-electron chi connectivity index (χ1n) is 8.59. The predicted octanol–water partition coefficient (Wildman–Crippen LogP) is 1.11. The first-order chi connectivity index (χ1) is 12.9. The van der Waals surface area contributed by atoms with E-state index < -0.39 is 23.8 Å². The molecule has 9 heteroatoms. The SMILES string of the molecule is COC(=O)C1CSC(CCCC(C(=O)O)N2C(=O)c3ccccc3C2=O)N1. The van der Waals surface area contributed by atoms with Gasteiger partial charge in [0.2, 0.25) is 0 Å². The van der Waals surface area contributed by atoms with Crippen molar-refractivity contribution in [2.45, 2.75) is 36.7 Å². The third kappa shape index (κ3) is 3.84. The van der Waals surface area contributed by atoms with Crippen LogP contribution in [0.15, 0.2) is 24.3 Å². The minimum atomic E-state index is -1.21. The number of nitrogens with zero attached hydrogens (tertiary/aromatic N) is 1. The highest BCUT2D eigenvalue weighted by molar-refractivity contribution is 8.00. The molecule has 144 valence electrons. The van der Waals surface area contributed by atoms with Crippen LogP contribution >= 0.6 is 11.8 Å². The molecule has 0 aromatic heterocycles. The molecule has 1 aromatic rings. The second-order valence-corrected chi connectivity index (χ2v) is 7.61. The summed E-state index contributed by atoms with van der Waals surface area (Å²) in [7, 11) is 1.33. The zero-order valence-electron chi connectivity index (χ0n) is 14.7. The van der Waals surface area contributed by atoms with Crippen LogP contribution in [0.4, 0.5) is 0 Å². The molecule has 0 aliphatic carbocycles. The molecule has 2 N–H and O–H groups in total. The van der Waals surface area contributed by atoms with E-state index in [-0.39, 0.29) is 34.9 Å². The van der Waals surface area contributed by atoms with Gasteiger partial charge in [-0.05, 0) is 31.4 Å². The van der Waals surface area contributed by atoms with Crippen LogP contribution in [0.5, 0.6) is 0 Å². The lowest BCUT2D eigenvalue weighted by atomic mass is 10.1. The zero-order chi connectivity index (χ0) is 19.6. The van der Waals surface area contributed by atoms with Gasteiger partial charge in [-0.25, -0.2) is 4.79 Å². The van der Waals surface area contributed by atoms with Gasteiger partial charge in [0.25, 0.3) is 11.8 Å². The van der Waals surface area contributed by atoms with Crippen LogP contribution in [0, 0.1) is 0 Å². The zero-order valence-corrected chi connectivity index (χ0v) is 15.5. The van der Waals surface area contributed by atoms with Crippen molar-refractivity contribution in [2.75, 3.05) is 12.9 Å². The summed E-state index contributed by atoms with van der Waals surface area (Å²) >= 11 is 1.57. The van der Waals surface area contributed by atoms with Crippen LogP contribution in [-0.2, 0) is 14.3 Å². The van der Waals surface area contributed by atoms with E-state index in [1.54, 1.807) is 23.9 Å². The molecule has 0 radical (unpaired) electrons. The van der Waals surface area contributed by atoms with Gasteiger partial charge in [-0.15, -0.1) is 11.8 Å². The van der Waals surface area contributed by atoms with Gasteiger partial charge in [0.15, 0.2) is 0 Å². The second-order valence-electron chi connectivity index (χ2n) is 6.38. The fourth-order valence-electron chi connectivity index (χ4n) is 3.33. The third-order valence-corrected chi connectivity index (χ3v) is 6.00. The molecule has 2 aliphatic rings. The molecule has 3 unspecified atom stereocenters. The van der Waals surface area contributed by atoms with Gasteiger partial charge in [0.05, 0.1) is 23.6 Å². The lowest BCUT2D eigenvalue weighted by Crippen LogP contribution is -2.45. The second kappa shape index (κ2) is 8.10. The number of aliphatic carboxylic acids is 1. The van der Waals surface area contributed by atoms with E-state index in [1.165, 1.54) is 19.2 Å². The molecule has 2 amide bonds. The summed E-state index contributed by atoms with van der Waals surface area (Å²) in [6.07, 6.45) is 1.26. The maximum Gasteiger partial charge on any atom is 0.326 e. The number of carbonyl (C=O) groups excluding carboxylic acids is 3. The van der Waals surface area contributed by atoms with E-state index in [9.17, 15) is 24.3 Å². The fourth-order valence-corrected chi connectivity index (χ4v) is 4.58. The Morgan fingerprint density at radius 1 is 1.30 bits per heavy atom. The molecular weight excluding hydrogens is 372 g/mol. The Labute approximate surface area is 160 Å². The van der Waals surface area contributed by atoms with Crippen LogP contribution in [0.3, 0.4) is 0 Å². The van der Waals surface area contributed by atoms with Crippen LogP contribution in [0.1, 0.15) is 40.0 Å². The molecule has 1 fully saturated rings. The molecule has 0 bridgehead atoms. The average molecular weight is 392 g/mol. The Morgan fingerprint density at radius 2 is 1.93 bits per heavy atom. The third-order valence-electron chi connectivity index (χ3n) is 4.70. The summed E-state index contributed by atoms with van der Waals surface area (Å²) in [6, 6.07) is 4.77. The van der Waals surface area contributed by atoms with Gasteiger partial charge >= 0.3 is 11.9 Å². The molecule has 8 nitrogen and oxygen atoms in total. The number of imide groups is 1. The number of hydrogen-bond acceptors (Lipinski definition) is 7. The van der Waals surface area contributed by atoms with Crippen LogP contribution < -0.4 is 5.32 Å². The van der Waals surface area contributed by atoms with E-state index >= 15 is 0 Å². The molecule has 1 saturated heterocycles. The van der Waals surface area contributed by atoms with Crippen LogP contribution in [0.2, 0.25) is 0 Å². The number of nitrogens with one attached hydrogen (secondary N) is 1. The number of ether oxygens (including phenoxy) is 1. The molecule has 3 rings (SSSR count). The van der Waals surface area contributed by atoms with Crippen molar-refractivity contribution >= 4 is 35.5 Å². The lowest BCUT2D eigenvalue weighted by Gasteiger charge is -2.23. The fraction of sp³-hybridized carbons (Fsp3) is 0.444. The molecule has 27 heavy (non-hydrogen) atoms. The number of thioether (sulfide) groups is 1. The Bertz CT molecular complexity index is 748. The predicted molar refractivity (Wildman–Crippen MR) is 97.4 cm³/mol. The lowest BCUT2D eigenvalue weighted by molar-refractivity contribution is -0.142. The smallest absolute Gasteiger partial charge is 0.326 e. The Morgan fingerprint density at radius 3 is 2.48 bits per heavy atom. The minimum absolute atomic E-state index is 0.00530. The number of rotatable bonds is 7. The maximum absolute atomic E-state index is 12.5. The highest BCUT2D eigenvalue weighted by atomic mass is 32.2. The van der Waals surface area contributed by atoms with E-state index in [2.05, 4.69) is 5.32 Å². The highest BCUT2D eigenvalue weighted by Crippen LogP contribution is 2.28. The van der Waals surface area contributed by atoms with Gasteiger partial charge in [-0.2, -0.15) is 0 Å². The topological polar surface area (TPSA) is 113 Å². The van der Waals surface area contributed by atoms with Crippen molar-refractivity contribution in [2.24, 2.45) is 0 Å². The minimum Gasteiger partial charge on any atom is -0.480 e. The number of carbonyl (C=O) groups is 4. The molecule has 2 heterocycles. The van der Waals surface area contributed by atoms with Gasteiger partial charge in [-0.3, -0.25) is 24.6 Å². The van der Waals surface area contributed by atoms with Crippen LogP contribution in [-0.4, -0.2) is 64.1 Å². The largest absolute Gasteiger partial charge is 0.480 e. The molecule has 0 saturated carbocycles. The Hall–Kier alpha value is -2.39. The number of carboxylic acid groups (broad SMARTS) is 1.